The van der Waals surface area contributed by atoms with Crippen molar-refractivity contribution in [1.29, 1.82) is 0 Å². The van der Waals surface area contributed by atoms with Crippen LogP contribution >= 0.6 is 0 Å². The first-order chi connectivity index (χ1) is 13.2. The number of nitro benzene ring substituents is 2. The number of nitrogens with zero attached hydrogens (tertiary/aromatic N) is 3. The number of carbonyl (C=O) groups excluding carboxylic acids is 2. The van der Waals surface area contributed by atoms with Gasteiger partial charge in [-0.05, 0) is 26.7 Å². The summed E-state index contributed by atoms with van der Waals surface area (Å²) in [7, 11) is 0. The smallest absolute Gasteiger partial charge is 0.277 e. The van der Waals surface area contributed by atoms with Crippen LogP contribution in [0.3, 0.4) is 0 Å². The molecule has 0 bridgehead atoms. The second-order valence-electron chi connectivity index (χ2n) is 6.83. The Balaban J connectivity index is 2.40. The number of likely N-dealkylation sites (N-methyl/N-ethyl adjacent to an activating group) is 1. The van der Waals surface area contributed by atoms with Gasteiger partial charge in [-0.15, -0.1) is 0 Å². The maximum Gasteiger partial charge on any atom is 0.277 e. The fraction of sp³-hybridized carbons (Fsp3) is 0.556. The van der Waals surface area contributed by atoms with Gasteiger partial charge in [-0.2, -0.15) is 0 Å². The van der Waals surface area contributed by atoms with Gasteiger partial charge in [0.25, 0.3) is 17.3 Å². The average Bonchev–Trinajstić information content (AvgIpc) is 2.69. The van der Waals surface area contributed by atoms with Crippen molar-refractivity contribution < 1.29 is 19.4 Å². The molecule has 1 aromatic carbocycles. The molecule has 0 aliphatic heterocycles. The predicted molar refractivity (Wildman–Crippen MR) is 101 cm³/mol. The number of benzene rings is 1. The van der Waals surface area contributed by atoms with E-state index in [0.717, 1.165) is 37.5 Å². The van der Waals surface area contributed by atoms with Crippen molar-refractivity contribution in [2.75, 3.05) is 13.1 Å². The fourth-order valence-corrected chi connectivity index (χ4v) is 3.59. The summed E-state index contributed by atoms with van der Waals surface area (Å²) in [5.41, 5.74) is -2.40. The first-order valence-corrected chi connectivity index (χ1v) is 9.30. The number of non-ortho nitro benzene ring substituents is 2. The first-order valence-electron chi connectivity index (χ1n) is 9.30. The van der Waals surface area contributed by atoms with Crippen LogP contribution in [0, 0.1) is 20.2 Å². The van der Waals surface area contributed by atoms with Gasteiger partial charge in [0.1, 0.15) is 5.54 Å². The zero-order valence-corrected chi connectivity index (χ0v) is 16.0. The third kappa shape index (κ3) is 4.44. The van der Waals surface area contributed by atoms with E-state index >= 15 is 0 Å². The number of nitro groups is 2. The topological polar surface area (TPSA) is 136 Å². The highest BCUT2D eigenvalue weighted by Crippen LogP contribution is 2.31. The van der Waals surface area contributed by atoms with Crippen LogP contribution in [0.4, 0.5) is 11.4 Å². The molecule has 1 fully saturated rings. The molecule has 0 heterocycles. The molecule has 10 nitrogen and oxygen atoms in total. The van der Waals surface area contributed by atoms with Gasteiger partial charge < -0.3 is 10.2 Å². The van der Waals surface area contributed by atoms with Crippen molar-refractivity contribution in [2.45, 2.75) is 51.5 Å². The Kier molecular flexibility index (Phi) is 6.66. The first kappa shape index (κ1) is 21.3. The van der Waals surface area contributed by atoms with Crippen LogP contribution in [0.25, 0.3) is 0 Å². The quantitative estimate of drug-likeness (QED) is 0.560. The molecule has 1 aromatic rings. The average molecular weight is 392 g/mol. The minimum Gasteiger partial charge on any atom is -0.341 e. The van der Waals surface area contributed by atoms with E-state index < -0.39 is 32.7 Å². The Morgan fingerprint density at radius 3 is 1.93 bits per heavy atom. The Bertz CT molecular complexity index is 752. The second kappa shape index (κ2) is 8.77. The minimum atomic E-state index is -1.10. The number of rotatable bonds is 7. The molecule has 10 heteroatoms. The molecule has 28 heavy (non-hydrogen) atoms. The van der Waals surface area contributed by atoms with Gasteiger partial charge in [-0.1, -0.05) is 19.3 Å². The highest BCUT2D eigenvalue weighted by atomic mass is 16.6. The second-order valence-corrected chi connectivity index (χ2v) is 6.83. The van der Waals surface area contributed by atoms with Crippen molar-refractivity contribution in [3.63, 3.8) is 0 Å². The maximum atomic E-state index is 13.1. The third-order valence-corrected chi connectivity index (χ3v) is 5.11. The van der Waals surface area contributed by atoms with Crippen LogP contribution in [0.2, 0.25) is 0 Å². The number of hydrogen-bond acceptors (Lipinski definition) is 6. The zero-order valence-electron chi connectivity index (χ0n) is 16.0. The predicted octanol–water partition coefficient (Wildman–Crippen LogP) is 2.80. The Hall–Kier alpha value is -3.04. The van der Waals surface area contributed by atoms with E-state index in [-0.39, 0.29) is 11.5 Å². The van der Waals surface area contributed by atoms with Gasteiger partial charge >= 0.3 is 0 Å². The van der Waals surface area contributed by atoms with Crippen LogP contribution in [-0.2, 0) is 4.79 Å². The molecule has 0 aromatic heterocycles. The molecule has 2 rings (SSSR count). The highest BCUT2D eigenvalue weighted by molar-refractivity contribution is 6.00. The van der Waals surface area contributed by atoms with Crippen molar-refractivity contribution in [3.8, 4) is 0 Å². The molecule has 0 unspecified atom stereocenters. The number of amides is 2. The van der Waals surface area contributed by atoms with E-state index in [9.17, 15) is 29.8 Å². The van der Waals surface area contributed by atoms with Gasteiger partial charge in [-0.3, -0.25) is 29.8 Å². The molecule has 1 saturated carbocycles. The van der Waals surface area contributed by atoms with Crippen molar-refractivity contribution in [2.24, 2.45) is 0 Å². The van der Waals surface area contributed by atoms with E-state index in [1.807, 2.05) is 13.8 Å². The molecule has 0 saturated heterocycles. The summed E-state index contributed by atoms with van der Waals surface area (Å²) in [6.45, 7) is 4.69. The van der Waals surface area contributed by atoms with Gasteiger partial charge in [0.2, 0.25) is 5.91 Å². The van der Waals surface area contributed by atoms with Gasteiger partial charge in [-0.25, -0.2) is 0 Å². The summed E-state index contributed by atoms with van der Waals surface area (Å²) in [6, 6.07) is 2.77. The molecular formula is C18H24N4O6. The lowest BCUT2D eigenvalue weighted by Gasteiger charge is -2.40. The Labute approximate surface area is 162 Å². The van der Waals surface area contributed by atoms with Crippen molar-refractivity contribution in [1.82, 2.24) is 10.2 Å². The van der Waals surface area contributed by atoms with E-state index in [2.05, 4.69) is 5.32 Å². The van der Waals surface area contributed by atoms with Crippen LogP contribution in [-0.4, -0.2) is 45.2 Å². The van der Waals surface area contributed by atoms with Crippen molar-refractivity contribution in [3.05, 3.63) is 44.0 Å². The monoisotopic (exact) mass is 392 g/mol. The summed E-state index contributed by atoms with van der Waals surface area (Å²) in [6.07, 6.45) is 3.41. The molecule has 152 valence electrons. The van der Waals surface area contributed by atoms with E-state index in [0.29, 0.717) is 25.9 Å². The molecule has 0 atom stereocenters. The molecule has 1 aliphatic carbocycles. The Morgan fingerprint density at radius 2 is 1.50 bits per heavy atom. The molecule has 1 aliphatic rings. The minimum absolute atomic E-state index is 0.189. The van der Waals surface area contributed by atoms with Gasteiger partial charge in [0.05, 0.1) is 21.5 Å². The van der Waals surface area contributed by atoms with Crippen LogP contribution in [0.5, 0.6) is 0 Å². The van der Waals surface area contributed by atoms with E-state index in [1.54, 1.807) is 4.90 Å². The largest absolute Gasteiger partial charge is 0.341 e. The molecule has 2 amide bonds. The maximum absolute atomic E-state index is 13.1. The third-order valence-electron chi connectivity index (χ3n) is 5.11. The van der Waals surface area contributed by atoms with E-state index in [4.69, 9.17) is 0 Å². The summed E-state index contributed by atoms with van der Waals surface area (Å²) in [4.78, 5) is 48.1. The van der Waals surface area contributed by atoms with Crippen LogP contribution in [0.15, 0.2) is 18.2 Å². The van der Waals surface area contributed by atoms with Gasteiger partial charge in [0, 0.05) is 25.2 Å². The molecule has 0 radical (unpaired) electrons. The molecular weight excluding hydrogens is 368 g/mol. The number of carbonyl (C=O) groups is 2. The lowest BCUT2D eigenvalue weighted by Crippen LogP contribution is -2.60. The molecule has 0 spiro atoms. The SMILES string of the molecule is CCN(CC)C(=O)C1(NC(=O)c2cc([N+](=O)[O-])cc([N+](=O)[O-])c2)CCCCC1. The Morgan fingerprint density at radius 1 is 1.00 bits per heavy atom. The van der Waals surface area contributed by atoms with Crippen molar-refractivity contribution >= 4 is 23.2 Å². The van der Waals surface area contributed by atoms with Crippen LogP contribution < -0.4 is 5.32 Å². The number of hydrogen-bond donors (Lipinski definition) is 1. The summed E-state index contributed by atoms with van der Waals surface area (Å²) in [5, 5.41) is 24.9. The van der Waals surface area contributed by atoms with Gasteiger partial charge in [0.15, 0.2) is 0 Å². The molecule has 1 N–H and O–H groups in total. The van der Waals surface area contributed by atoms with Crippen LogP contribution in [0.1, 0.15) is 56.3 Å². The standard InChI is InChI=1S/C18H24N4O6/c1-3-20(4-2)17(24)18(8-6-5-7-9-18)19-16(23)13-10-14(21(25)26)12-15(11-13)22(27)28/h10-12H,3-9H2,1-2H3,(H,19,23). The summed E-state index contributed by atoms with van der Waals surface area (Å²) < 4.78 is 0. The highest BCUT2D eigenvalue weighted by Gasteiger charge is 2.43. The number of nitrogens with one attached hydrogen (secondary N) is 1. The lowest BCUT2D eigenvalue weighted by atomic mass is 9.80. The van der Waals surface area contributed by atoms with E-state index in [1.165, 1.54) is 0 Å². The fourth-order valence-electron chi connectivity index (χ4n) is 3.59. The lowest BCUT2D eigenvalue weighted by molar-refractivity contribution is -0.394. The zero-order chi connectivity index (χ0) is 20.9. The summed E-state index contributed by atoms with van der Waals surface area (Å²) >= 11 is 0. The summed E-state index contributed by atoms with van der Waals surface area (Å²) in [5.74, 6) is -0.917. The normalized spacial score (nSPS) is 15.5.